The van der Waals surface area contributed by atoms with Crippen molar-refractivity contribution in [2.75, 3.05) is 19.6 Å². The van der Waals surface area contributed by atoms with Crippen molar-refractivity contribution in [1.82, 2.24) is 20.1 Å². The third-order valence-corrected chi connectivity index (χ3v) is 7.08. The van der Waals surface area contributed by atoms with E-state index in [2.05, 4.69) is 10.3 Å². The van der Waals surface area contributed by atoms with Crippen LogP contribution >= 0.6 is 0 Å². The van der Waals surface area contributed by atoms with E-state index in [4.69, 9.17) is 10.00 Å². The summed E-state index contributed by atoms with van der Waals surface area (Å²) in [5.74, 6) is 0.913. The third-order valence-electron chi connectivity index (χ3n) is 7.08. The Bertz CT molecular complexity index is 1040. The Morgan fingerprint density at radius 1 is 1.12 bits per heavy atom. The van der Waals surface area contributed by atoms with E-state index in [0.29, 0.717) is 50.0 Å². The summed E-state index contributed by atoms with van der Waals surface area (Å²) in [5.41, 5.74) is 3.04. The number of likely N-dealkylation sites (tertiary alicyclic amines) is 1. The van der Waals surface area contributed by atoms with Crippen LogP contribution in [0.15, 0.2) is 42.7 Å². The first-order valence-electron chi connectivity index (χ1n) is 11.0. The molecule has 1 saturated carbocycles. The molecule has 5 rings (SSSR count). The fourth-order valence-electron chi connectivity index (χ4n) is 4.92. The number of carbonyl (C=O) groups is 2. The lowest BCUT2D eigenvalue weighted by Gasteiger charge is -2.32. The second-order valence-electron chi connectivity index (χ2n) is 8.94. The van der Waals surface area contributed by atoms with Gasteiger partial charge in [0.05, 0.1) is 11.6 Å². The number of piperidine rings is 1. The molecule has 1 saturated heterocycles. The number of hydrogen-bond donors (Lipinski definition) is 1. The SMILES string of the molecule is N#Cc1ccc(OC(=O)N2CCC3(CC2)CC3CNC(=O)N2Cc3ccncc3C2)cc1. The van der Waals surface area contributed by atoms with Crippen LogP contribution < -0.4 is 10.1 Å². The van der Waals surface area contributed by atoms with Gasteiger partial charge >= 0.3 is 12.1 Å². The van der Waals surface area contributed by atoms with Gasteiger partial charge in [-0.05, 0) is 72.1 Å². The van der Waals surface area contributed by atoms with Crippen LogP contribution in [-0.4, -0.2) is 46.5 Å². The van der Waals surface area contributed by atoms with Crippen LogP contribution in [0.25, 0.3) is 0 Å². The van der Waals surface area contributed by atoms with E-state index in [-0.39, 0.29) is 17.5 Å². The summed E-state index contributed by atoms with van der Waals surface area (Å²) in [5, 5.41) is 12.0. The first kappa shape index (κ1) is 20.3. The molecule has 1 atom stereocenters. The van der Waals surface area contributed by atoms with Crippen LogP contribution in [0.3, 0.4) is 0 Å². The van der Waals surface area contributed by atoms with E-state index >= 15 is 0 Å². The number of hydrogen-bond acceptors (Lipinski definition) is 5. The van der Waals surface area contributed by atoms with Gasteiger partial charge in [-0.15, -0.1) is 0 Å². The molecule has 1 aromatic heterocycles. The molecule has 3 aliphatic rings. The molecule has 3 amide bonds. The van der Waals surface area contributed by atoms with Crippen molar-refractivity contribution in [3.8, 4) is 11.8 Å². The maximum atomic E-state index is 12.6. The van der Waals surface area contributed by atoms with E-state index in [0.717, 1.165) is 24.8 Å². The van der Waals surface area contributed by atoms with Gasteiger partial charge in [-0.25, -0.2) is 9.59 Å². The second kappa shape index (κ2) is 8.15. The van der Waals surface area contributed by atoms with Crippen LogP contribution in [-0.2, 0) is 13.1 Å². The Hall–Kier alpha value is -3.60. The largest absolute Gasteiger partial charge is 0.415 e. The molecule has 1 aromatic carbocycles. The number of fused-ring (bicyclic) bond motifs is 1. The number of urea groups is 1. The minimum Gasteiger partial charge on any atom is -0.410 e. The van der Waals surface area contributed by atoms with Crippen molar-refractivity contribution < 1.29 is 14.3 Å². The van der Waals surface area contributed by atoms with Crippen molar-refractivity contribution in [3.05, 3.63) is 59.4 Å². The molecule has 1 N–H and O–H groups in total. The van der Waals surface area contributed by atoms with Crippen LogP contribution in [0, 0.1) is 22.7 Å². The molecule has 32 heavy (non-hydrogen) atoms. The monoisotopic (exact) mass is 431 g/mol. The van der Waals surface area contributed by atoms with Crippen molar-refractivity contribution in [2.45, 2.75) is 32.4 Å². The fourth-order valence-corrected chi connectivity index (χ4v) is 4.92. The lowest BCUT2D eigenvalue weighted by molar-refractivity contribution is 0.123. The van der Waals surface area contributed by atoms with Gasteiger partial charge in [0, 0.05) is 45.1 Å². The van der Waals surface area contributed by atoms with E-state index in [1.807, 2.05) is 23.2 Å². The number of carbonyl (C=O) groups excluding carboxylic acids is 2. The number of amides is 3. The minimum atomic E-state index is -0.349. The molecule has 2 fully saturated rings. The van der Waals surface area contributed by atoms with E-state index in [9.17, 15) is 9.59 Å². The summed E-state index contributed by atoms with van der Waals surface area (Å²) in [7, 11) is 0. The number of rotatable bonds is 3. The third kappa shape index (κ3) is 3.98. The lowest BCUT2D eigenvalue weighted by atomic mass is 9.91. The Morgan fingerprint density at radius 3 is 2.59 bits per heavy atom. The maximum Gasteiger partial charge on any atom is 0.415 e. The van der Waals surface area contributed by atoms with Gasteiger partial charge in [-0.1, -0.05) is 0 Å². The highest BCUT2D eigenvalue weighted by molar-refractivity contribution is 5.75. The summed E-state index contributed by atoms with van der Waals surface area (Å²) in [6.07, 6.45) is 6.20. The first-order chi connectivity index (χ1) is 15.6. The summed E-state index contributed by atoms with van der Waals surface area (Å²) >= 11 is 0. The minimum absolute atomic E-state index is 0.0216. The van der Waals surface area contributed by atoms with Gasteiger partial charge in [0.25, 0.3) is 0 Å². The normalized spacial score (nSPS) is 20.4. The summed E-state index contributed by atoms with van der Waals surface area (Å²) in [6, 6.07) is 10.5. The molecular formula is C24H25N5O3. The Labute approximate surface area is 186 Å². The van der Waals surface area contributed by atoms with Gasteiger partial charge in [-0.3, -0.25) is 4.98 Å². The summed E-state index contributed by atoms with van der Waals surface area (Å²) in [6.45, 7) is 3.25. The van der Waals surface area contributed by atoms with Crippen LogP contribution in [0.5, 0.6) is 5.75 Å². The van der Waals surface area contributed by atoms with Gasteiger partial charge in [-0.2, -0.15) is 5.26 Å². The molecular weight excluding hydrogens is 406 g/mol. The molecule has 3 heterocycles. The van der Waals surface area contributed by atoms with Crippen molar-refractivity contribution >= 4 is 12.1 Å². The zero-order chi connectivity index (χ0) is 22.1. The molecule has 2 aliphatic heterocycles. The summed E-state index contributed by atoms with van der Waals surface area (Å²) < 4.78 is 5.44. The highest BCUT2D eigenvalue weighted by Crippen LogP contribution is 2.59. The molecule has 164 valence electrons. The number of aromatic nitrogens is 1. The number of nitriles is 1. The van der Waals surface area contributed by atoms with Gasteiger partial charge in [0.1, 0.15) is 5.75 Å². The Morgan fingerprint density at radius 2 is 1.88 bits per heavy atom. The standard InChI is InChI=1S/C24H25N5O3/c25-12-17-1-3-21(4-2-17)32-23(31)28-9-6-24(7-10-28)11-20(24)14-27-22(30)29-15-18-5-8-26-13-19(18)16-29/h1-5,8,13,20H,6-7,9-11,14-16H2,(H,27,30). The van der Waals surface area contributed by atoms with Gasteiger partial charge in [0.2, 0.25) is 0 Å². The van der Waals surface area contributed by atoms with E-state index in [1.54, 1.807) is 35.4 Å². The molecule has 8 heteroatoms. The second-order valence-corrected chi connectivity index (χ2v) is 8.94. The van der Waals surface area contributed by atoms with Crippen LogP contribution in [0.1, 0.15) is 36.0 Å². The van der Waals surface area contributed by atoms with E-state index in [1.165, 1.54) is 5.56 Å². The average Bonchev–Trinajstić information content (AvgIpc) is 3.29. The number of benzene rings is 1. The molecule has 1 unspecified atom stereocenters. The molecule has 1 spiro atoms. The predicted molar refractivity (Wildman–Crippen MR) is 115 cm³/mol. The van der Waals surface area contributed by atoms with Gasteiger partial charge < -0.3 is 19.9 Å². The van der Waals surface area contributed by atoms with Gasteiger partial charge in [0.15, 0.2) is 0 Å². The Balaban J connectivity index is 1.06. The molecule has 0 radical (unpaired) electrons. The van der Waals surface area contributed by atoms with Crippen molar-refractivity contribution in [2.24, 2.45) is 11.3 Å². The van der Waals surface area contributed by atoms with Crippen molar-refractivity contribution in [3.63, 3.8) is 0 Å². The quantitative estimate of drug-likeness (QED) is 0.804. The first-order valence-corrected chi connectivity index (χ1v) is 11.0. The number of nitrogens with zero attached hydrogens (tertiary/aromatic N) is 4. The fraction of sp³-hybridized carbons (Fsp3) is 0.417. The molecule has 2 aromatic rings. The Kier molecular flexibility index (Phi) is 5.17. The molecule has 8 nitrogen and oxygen atoms in total. The van der Waals surface area contributed by atoms with Crippen LogP contribution in [0.4, 0.5) is 9.59 Å². The number of nitrogens with one attached hydrogen (secondary N) is 1. The number of ether oxygens (including phenoxy) is 1. The zero-order valence-electron chi connectivity index (χ0n) is 17.8. The smallest absolute Gasteiger partial charge is 0.410 e. The number of pyridine rings is 1. The van der Waals surface area contributed by atoms with E-state index < -0.39 is 0 Å². The highest BCUT2D eigenvalue weighted by atomic mass is 16.6. The average molecular weight is 431 g/mol. The predicted octanol–water partition coefficient (Wildman–Crippen LogP) is 3.28. The highest BCUT2D eigenvalue weighted by Gasteiger charge is 2.55. The van der Waals surface area contributed by atoms with Crippen molar-refractivity contribution in [1.29, 1.82) is 5.26 Å². The lowest BCUT2D eigenvalue weighted by Crippen LogP contribution is -2.42. The van der Waals surface area contributed by atoms with Crippen LogP contribution in [0.2, 0.25) is 0 Å². The topological polar surface area (TPSA) is 98.6 Å². The zero-order valence-corrected chi connectivity index (χ0v) is 17.8. The summed E-state index contributed by atoms with van der Waals surface area (Å²) in [4.78, 5) is 32.7. The molecule has 1 aliphatic carbocycles. The molecule has 0 bridgehead atoms. The maximum absolute atomic E-state index is 12.6.